The molecule has 1 aliphatic heterocycles. The summed E-state index contributed by atoms with van der Waals surface area (Å²) in [6.45, 7) is 2.04. The zero-order valence-electron chi connectivity index (χ0n) is 34.6. The number of likely N-dealkylation sites (tertiary alicyclic amines) is 1. The number of aryl methyl sites for hydroxylation is 2. The summed E-state index contributed by atoms with van der Waals surface area (Å²) < 4.78 is 17.7. The summed E-state index contributed by atoms with van der Waals surface area (Å²) in [5, 5.41) is 16.7. The predicted octanol–water partition coefficient (Wildman–Crippen LogP) is 7.12. The summed E-state index contributed by atoms with van der Waals surface area (Å²) in [5.41, 5.74) is 11.1. The molecule has 6 N–H and O–H groups in total. The molecular weight excluding hydrogens is 822 g/mol. The number of oxazole rings is 1. The number of nitrogens with one attached hydrogen (secondary N) is 4. The SMILES string of the molecule is Cc1cc(C[C@H](NC(=O)[C@@H]2C[C@@H](OCc3ccc(Cl)cc3)CN2C(=O)[C@@H](CCc2ccccc2)NC(=O)OCc2ccccc2)C(=O)c2nc3ccccc3o2)ccc1NC(=N)N. The van der Waals surface area contributed by atoms with Gasteiger partial charge in [-0.05, 0) is 77.9 Å². The van der Waals surface area contributed by atoms with Crippen molar-refractivity contribution in [3.8, 4) is 0 Å². The number of ether oxygens (including phenoxy) is 2. The first-order chi connectivity index (χ1) is 30.5. The standard InChI is InChI=1S/C48H48ClN7O7/c1-30-24-34(19-22-37(30)54-47(50)51)25-40(43(57)45-53-38-14-8-9-15-42(38)63-45)52-44(58)41-26-36(61-28-33-16-20-35(49)21-17-33)27-56(41)46(59)39(23-18-31-10-4-2-5-11-31)55-48(60)62-29-32-12-6-3-7-13-32/h2-17,19-22,24,36,39-41H,18,23,25-29H2,1H3,(H,52,58)(H,55,60)(H4,50,51,54)/t36-,39-,40+,41+/m1/s1. The van der Waals surface area contributed by atoms with Gasteiger partial charge < -0.3 is 40.5 Å². The Kier molecular flexibility index (Phi) is 14.5. The molecule has 324 valence electrons. The number of nitrogens with zero attached hydrogens (tertiary/aromatic N) is 2. The molecule has 1 aliphatic rings. The van der Waals surface area contributed by atoms with Gasteiger partial charge in [-0.25, -0.2) is 9.78 Å². The number of halogens is 1. The van der Waals surface area contributed by atoms with E-state index >= 15 is 0 Å². The summed E-state index contributed by atoms with van der Waals surface area (Å²) in [5.74, 6) is -2.09. The van der Waals surface area contributed by atoms with E-state index < -0.39 is 47.9 Å². The number of para-hydroxylation sites is 2. The molecule has 63 heavy (non-hydrogen) atoms. The summed E-state index contributed by atoms with van der Waals surface area (Å²) >= 11 is 6.12. The molecule has 1 fully saturated rings. The van der Waals surface area contributed by atoms with Crippen LogP contribution in [-0.2, 0) is 45.1 Å². The summed E-state index contributed by atoms with van der Waals surface area (Å²) in [6, 6.07) is 34.9. The molecule has 1 aromatic heterocycles. The average molecular weight is 870 g/mol. The molecule has 3 amide bonds. The van der Waals surface area contributed by atoms with E-state index in [-0.39, 0.29) is 50.9 Å². The molecular formula is C48H48ClN7O7. The number of amides is 3. The highest BCUT2D eigenvalue weighted by atomic mass is 35.5. The Morgan fingerprint density at radius 3 is 2.21 bits per heavy atom. The number of benzene rings is 5. The lowest BCUT2D eigenvalue weighted by atomic mass is 9.99. The number of anilines is 1. The zero-order chi connectivity index (χ0) is 44.3. The van der Waals surface area contributed by atoms with E-state index in [9.17, 15) is 19.2 Å². The van der Waals surface area contributed by atoms with Gasteiger partial charge in [0.05, 0.1) is 12.7 Å². The fourth-order valence-electron chi connectivity index (χ4n) is 7.50. The molecule has 1 saturated heterocycles. The number of fused-ring (bicyclic) bond motifs is 1. The van der Waals surface area contributed by atoms with Crippen molar-refractivity contribution in [2.45, 2.75) is 70.1 Å². The molecule has 7 rings (SSSR count). The fourth-order valence-corrected chi connectivity index (χ4v) is 7.63. The molecule has 0 spiro atoms. The smallest absolute Gasteiger partial charge is 0.408 e. The van der Waals surface area contributed by atoms with Crippen LogP contribution in [0.1, 0.15) is 51.3 Å². The first-order valence-corrected chi connectivity index (χ1v) is 20.9. The number of Topliss-reactive ketones (excluding diaryl/α,β-unsaturated/α-hetero) is 1. The third-order valence-corrected chi connectivity index (χ3v) is 11.0. The second kappa shape index (κ2) is 20.7. The van der Waals surface area contributed by atoms with Crippen LogP contribution in [0.5, 0.6) is 0 Å². The van der Waals surface area contributed by atoms with Gasteiger partial charge >= 0.3 is 6.09 Å². The first kappa shape index (κ1) is 44.0. The minimum absolute atomic E-state index is 0.00732. The van der Waals surface area contributed by atoms with Crippen molar-refractivity contribution in [2.24, 2.45) is 5.73 Å². The van der Waals surface area contributed by atoms with Gasteiger partial charge in [0.25, 0.3) is 5.89 Å². The van der Waals surface area contributed by atoms with Gasteiger partial charge in [0.2, 0.25) is 17.6 Å². The molecule has 14 nitrogen and oxygen atoms in total. The highest BCUT2D eigenvalue weighted by molar-refractivity contribution is 6.30. The van der Waals surface area contributed by atoms with Crippen LogP contribution in [0.15, 0.2) is 132 Å². The predicted molar refractivity (Wildman–Crippen MR) is 239 cm³/mol. The van der Waals surface area contributed by atoms with E-state index in [2.05, 4.69) is 20.9 Å². The van der Waals surface area contributed by atoms with Crippen LogP contribution in [0, 0.1) is 12.3 Å². The Bertz CT molecular complexity index is 2520. The maximum absolute atomic E-state index is 14.8. The quantitative estimate of drug-likeness (QED) is 0.0357. The number of guanidine groups is 1. The van der Waals surface area contributed by atoms with Crippen molar-refractivity contribution >= 4 is 58.0 Å². The maximum Gasteiger partial charge on any atom is 0.408 e. The van der Waals surface area contributed by atoms with Crippen LogP contribution in [0.4, 0.5) is 10.5 Å². The number of hydrogen-bond acceptors (Lipinski definition) is 9. The average Bonchev–Trinajstić information content (AvgIpc) is 3.93. The molecule has 0 saturated carbocycles. The molecule has 0 aliphatic carbocycles. The number of hydrogen-bond donors (Lipinski definition) is 5. The summed E-state index contributed by atoms with van der Waals surface area (Å²) in [6.07, 6.45) is -0.588. The molecule has 0 unspecified atom stereocenters. The molecule has 15 heteroatoms. The zero-order valence-corrected chi connectivity index (χ0v) is 35.3. The summed E-state index contributed by atoms with van der Waals surface area (Å²) in [7, 11) is 0. The third kappa shape index (κ3) is 11.9. The van der Waals surface area contributed by atoms with Crippen molar-refractivity contribution in [1.82, 2.24) is 20.5 Å². The van der Waals surface area contributed by atoms with Crippen LogP contribution in [-0.4, -0.2) is 70.3 Å². The lowest BCUT2D eigenvalue weighted by Crippen LogP contribution is -2.55. The van der Waals surface area contributed by atoms with Gasteiger partial charge in [0, 0.05) is 30.1 Å². The van der Waals surface area contributed by atoms with Crippen LogP contribution in [0.2, 0.25) is 5.02 Å². The third-order valence-electron chi connectivity index (χ3n) is 10.8. The molecule has 0 bridgehead atoms. The Hall–Kier alpha value is -7.03. The molecule has 0 radical (unpaired) electrons. The Labute approximate surface area is 369 Å². The summed E-state index contributed by atoms with van der Waals surface area (Å²) in [4.78, 5) is 63.0. The van der Waals surface area contributed by atoms with Crippen LogP contribution in [0.25, 0.3) is 11.1 Å². The number of rotatable bonds is 17. The van der Waals surface area contributed by atoms with Crippen molar-refractivity contribution in [3.63, 3.8) is 0 Å². The van der Waals surface area contributed by atoms with Crippen molar-refractivity contribution in [1.29, 1.82) is 5.41 Å². The Balaban J connectivity index is 1.17. The number of aromatic nitrogens is 1. The van der Waals surface area contributed by atoms with Crippen molar-refractivity contribution < 1.29 is 33.1 Å². The fraction of sp³-hybridized carbons (Fsp3) is 0.250. The Morgan fingerprint density at radius 2 is 1.51 bits per heavy atom. The van der Waals surface area contributed by atoms with E-state index in [0.717, 1.165) is 22.3 Å². The van der Waals surface area contributed by atoms with Gasteiger partial charge in [-0.1, -0.05) is 109 Å². The van der Waals surface area contributed by atoms with Crippen LogP contribution < -0.4 is 21.7 Å². The van der Waals surface area contributed by atoms with Gasteiger partial charge in [0.1, 0.15) is 30.2 Å². The number of alkyl carbamates (subject to hydrolysis) is 1. The second-order valence-corrected chi connectivity index (χ2v) is 15.8. The van der Waals surface area contributed by atoms with Gasteiger partial charge in [-0.3, -0.25) is 19.8 Å². The van der Waals surface area contributed by atoms with E-state index in [1.807, 2.05) is 85.8 Å². The van der Waals surface area contributed by atoms with Crippen LogP contribution >= 0.6 is 11.6 Å². The molecule has 5 aromatic carbocycles. The van der Waals surface area contributed by atoms with Gasteiger partial charge in [0.15, 0.2) is 11.5 Å². The number of carbonyl (C=O) groups excluding carboxylic acids is 4. The number of ketones is 1. The van der Waals surface area contributed by atoms with Gasteiger partial charge in [-0.2, -0.15) is 0 Å². The second-order valence-electron chi connectivity index (χ2n) is 15.4. The van der Waals surface area contributed by atoms with Crippen molar-refractivity contribution in [2.75, 3.05) is 11.9 Å². The lowest BCUT2D eigenvalue weighted by Gasteiger charge is -2.29. The lowest BCUT2D eigenvalue weighted by molar-refractivity contribution is -0.140. The monoisotopic (exact) mass is 869 g/mol. The van der Waals surface area contributed by atoms with Crippen LogP contribution in [0.3, 0.4) is 0 Å². The van der Waals surface area contributed by atoms with E-state index in [1.165, 1.54) is 4.90 Å². The Morgan fingerprint density at radius 1 is 0.841 bits per heavy atom. The molecule has 6 aromatic rings. The number of nitrogens with two attached hydrogens (primary N) is 1. The highest BCUT2D eigenvalue weighted by Crippen LogP contribution is 2.26. The minimum Gasteiger partial charge on any atom is -0.445 e. The minimum atomic E-state index is -1.18. The molecule has 2 heterocycles. The maximum atomic E-state index is 14.8. The van der Waals surface area contributed by atoms with Gasteiger partial charge in [-0.15, -0.1) is 0 Å². The van der Waals surface area contributed by atoms with E-state index in [1.54, 1.807) is 48.5 Å². The largest absolute Gasteiger partial charge is 0.445 e. The molecule has 4 atom stereocenters. The van der Waals surface area contributed by atoms with Crippen molar-refractivity contribution in [3.05, 3.63) is 166 Å². The first-order valence-electron chi connectivity index (χ1n) is 20.6. The normalized spacial score (nSPS) is 15.6. The van der Waals surface area contributed by atoms with E-state index in [4.69, 9.17) is 36.6 Å². The van der Waals surface area contributed by atoms with E-state index in [0.29, 0.717) is 33.8 Å². The highest BCUT2D eigenvalue weighted by Gasteiger charge is 2.44. The topological polar surface area (TPSA) is 202 Å². The number of carbonyl (C=O) groups is 4.